The van der Waals surface area contributed by atoms with Crippen molar-refractivity contribution in [2.24, 2.45) is 0 Å². The van der Waals surface area contributed by atoms with Gasteiger partial charge in [0.25, 0.3) is 0 Å². The van der Waals surface area contributed by atoms with Crippen molar-refractivity contribution >= 4 is 29.0 Å². The highest BCUT2D eigenvalue weighted by atomic mass is 35.5. The molecule has 2 aromatic rings. The molecule has 2 rings (SSSR count). The minimum absolute atomic E-state index is 0.00996. The number of ketones is 1. The van der Waals surface area contributed by atoms with Crippen LogP contribution in [0.1, 0.15) is 25.0 Å². The van der Waals surface area contributed by atoms with E-state index < -0.39 is 11.9 Å². The highest BCUT2D eigenvalue weighted by Gasteiger charge is 2.14. The van der Waals surface area contributed by atoms with Crippen molar-refractivity contribution in [3.8, 4) is 11.3 Å². The van der Waals surface area contributed by atoms with Gasteiger partial charge in [0.05, 0.1) is 16.8 Å². The Morgan fingerprint density at radius 3 is 2.67 bits per heavy atom. The highest BCUT2D eigenvalue weighted by Crippen LogP contribution is 2.28. The summed E-state index contributed by atoms with van der Waals surface area (Å²) in [7, 11) is 0. The molecule has 0 amide bonds. The molecule has 1 N–H and O–H groups in total. The van der Waals surface area contributed by atoms with Crippen LogP contribution in [0, 0.1) is 5.82 Å². The standard InChI is InChI=1S/C15H12Cl2FNO2/c1-8(20)4-14(21)10-6-13(19-15(17)7-10)9-2-3-12(18)11(16)5-9/h2-3,5-7,14,21H,4H2,1H3. The van der Waals surface area contributed by atoms with E-state index in [-0.39, 0.29) is 22.4 Å². The number of hydrogen-bond acceptors (Lipinski definition) is 3. The summed E-state index contributed by atoms with van der Waals surface area (Å²) in [6.07, 6.45) is -0.970. The molecule has 0 aliphatic heterocycles. The van der Waals surface area contributed by atoms with E-state index in [9.17, 15) is 14.3 Å². The summed E-state index contributed by atoms with van der Waals surface area (Å²) < 4.78 is 13.2. The lowest BCUT2D eigenvalue weighted by Gasteiger charge is -2.11. The third-order valence-electron chi connectivity index (χ3n) is 2.90. The third-order valence-corrected chi connectivity index (χ3v) is 3.38. The Morgan fingerprint density at radius 2 is 2.05 bits per heavy atom. The average molecular weight is 328 g/mol. The quantitative estimate of drug-likeness (QED) is 0.856. The molecule has 6 heteroatoms. The smallest absolute Gasteiger partial charge is 0.141 e. The number of carbonyl (C=O) groups excluding carboxylic acids is 1. The Kier molecular flexibility index (Phi) is 4.93. The molecular formula is C15H12Cl2FNO2. The van der Waals surface area contributed by atoms with Gasteiger partial charge in [-0.25, -0.2) is 9.37 Å². The molecule has 0 fully saturated rings. The molecule has 0 radical (unpaired) electrons. The fourth-order valence-corrected chi connectivity index (χ4v) is 2.30. The maximum absolute atomic E-state index is 13.2. The normalized spacial score (nSPS) is 12.2. The number of halogens is 3. The number of hydrogen-bond donors (Lipinski definition) is 1. The van der Waals surface area contributed by atoms with Gasteiger partial charge < -0.3 is 5.11 Å². The highest BCUT2D eigenvalue weighted by molar-refractivity contribution is 6.31. The van der Waals surface area contributed by atoms with Gasteiger partial charge in [0.2, 0.25) is 0 Å². The predicted octanol–water partition coefficient (Wildman–Crippen LogP) is 4.21. The van der Waals surface area contributed by atoms with Crippen LogP contribution in [0.3, 0.4) is 0 Å². The minimum atomic E-state index is -0.960. The lowest BCUT2D eigenvalue weighted by molar-refractivity contribution is -0.118. The van der Waals surface area contributed by atoms with Gasteiger partial charge in [0.15, 0.2) is 0 Å². The molecule has 1 atom stereocenters. The zero-order chi connectivity index (χ0) is 15.6. The molecule has 0 aliphatic carbocycles. The van der Waals surface area contributed by atoms with Gasteiger partial charge in [-0.15, -0.1) is 0 Å². The summed E-state index contributed by atoms with van der Waals surface area (Å²) in [5.41, 5.74) is 1.49. The summed E-state index contributed by atoms with van der Waals surface area (Å²) in [6, 6.07) is 7.26. The summed E-state index contributed by atoms with van der Waals surface area (Å²) in [4.78, 5) is 15.2. The number of aliphatic hydroxyl groups excluding tert-OH is 1. The van der Waals surface area contributed by atoms with Gasteiger partial charge in [0.1, 0.15) is 16.8 Å². The van der Waals surface area contributed by atoms with Crippen molar-refractivity contribution in [1.82, 2.24) is 4.98 Å². The lowest BCUT2D eigenvalue weighted by Crippen LogP contribution is -2.04. The van der Waals surface area contributed by atoms with Crippen LogP contribution in [0.2, 0.25) is 10.2 Å². The molecule has 0 saturated carbocycles. The molecule has 1 aromatic heterocycles. The van der Waals surface area contributed by atoms with Gasteiger partial charge in [-0.3, -0.25) is 4.79 Å². The summed E-state index contributed by atoms with van der Waals surface area (Å²) >= 11 is 11.7. The molecule has 3 nitrogen and oxygen atoms in total. The van der Waals surface area contributed by atoms with Crippen LogP contribution in [0.25, 0.3) is 11.3 Å². The monoisotopic (exact) mass is 327 g/mol. The number of aliphatic hydroxyl groups is 1. The van der Waals surface area contributed by atoms with Crippen LogP contribution in [-0.2, 0) is 4.79 Å². The molecular weight excluding hydrogens is 316 g/mol. The number of pyridine rings is 1. The summed E-state index contributed by atoms with van der Waals surface area (Å²) in [6.45, 7) is 1.40. The van der Waals surface area contributed by atoms with Crippen LogP contribution < -0.4 is 0 Å². The van der Waals surface area contributed by atoms with E-state index in [2.05, 4.69) is 4.98 Å². The Hall–Kier alpha value is -1.49. The van der Waals surface area contributed by atoms with Crippen molar-refractivity contribution in [2.75, 3.05) is 0 Å². The van der Waals surface area contributed by atoms with Crippen LogP contribution in [0.4, 0.5) is 4.39 Å². The summed E-state index contributed by atoms with van der Waals surface area (Å²) in [5.74, 6) is -0.666. The molecule has 0 bridgehead atoms. The second kappa shape index (κ2) is 6.52. The van der Waals surface area contributed by atoms with Crippen LogP contribution in [0.15, 0.2) is 30.3 Å². The van der Waals surface area contributed by atoms with Crippen molar-refractivity contribution in [1.29, 1.82) is 0 Å². The zero-order valence-electron chi connectivity index (χ0n) is 11.1. The average Bonchev–Trinajstić information content (AvgIpc) is 2.40. The molecule has 21 heavy (non-hydrogen) atoms. The van der Waals surface area contributed by atoms with Gasteiger partial charge in [-0.1, -0.05) is 23.2 Å². The van der Waals surface area contributed by atoms with Gasteiger partial charge in [-0.05, 0) is 42.8 Å². The Morgan fingerprint density at radius 1 is 1.33 bits per heavy atom. The van der Waals surface area contributed by atoms with E-state index in [1.165, 1.54) is 31.2 Å². The van der Waals surface area contributed by atoms with E-state index in [4.69, 9.17) is 23.2 Å². The van der Waals surface area contributed by atoms with Crippen LogP contribution in [0.5, 0.6) is 0 Å². The first kappa shape index (κ1) is 15.9. The molecule has 110 valence electrons. The van der Waals surface area contributed by atoms with Crippen molar-refractivity contribution < 1.29 is 14.3 Å². The zero-order valence-corrected chi connectivity index (χ0v) is 12.6. The van der Waals surface area contributed by atoms with Gasteiger partial charge >= 0.3 is 0 Å². The van der Waals surface area contributed by atoms with Gasteiger partial charge in [0, 0.05) is 12.0 Å². The van der Waals surface area contributed by atoms with E-state index >= 15 is 0 Å². The molecule has 1 aromatic carbocycles. The topological polar surface area (TPSA) is 50.2 Å². The lowest BCUT2D eigenvalue weighted by atomic mass is 10.0. The largest absolute Gasteiger partial charge is 0.388 e. The summed E-state index contributed by atoms with van der Waals surface area (Å²) in [5, 5.41) is 10.1. The van der Waals surface area contributed by atoms with Crippen molar-refractivity contribution in [3.63, 3.8) is 0 Å². The SMILES string of the molecule is CC(=O)CC(O)c1cc(Cl)nc(-c2ccc(F)c(Cl)c2)c1. The molecule has 0 spiro atoms. The second-order valence-corrected chi connectivity index (χ2v) is 5.45. The van der Waals surface area contributed by atoms with Gasteiger partial charge in [-0.2, -0.15) is 0 Å². The van der Waals surface area contributed by atoms with E-state index in [1.807, 2.05) is 0 Å². The third kappa shape index (κ3) is 4.00. The van der Waals surface area contributed by atoms with Crippen LogP contribution >= 0.6 is 23.2 Å². The number of aromatic nitrogens is 1. The molecule has 1 heterocycles. The van der Waals surface area contributed by atoms with Crippen molar-refractivity contribution in [2.45, 2.75) is 19.4 Å². The first-order valence-electron chi connectivity index (χ1n) is 6.17. The number of Topliss-reactive ketones (excluding diaryl/α,β-unsaturated/α-hetero) is 1. The number of nitrogens with zero attached hydrogens (tertiary/aromatic N) is 1. The fourth-order valence-electron chi connectivity index (χ4n) is 1.90. The second-order valence-electron chi connectivity index (χ2n) is 4.66. The predicted molar refractivity (Wildman–Crippen MR) is 79.9 cm³/mol. The van der Waals surface area contributed by atoms with E-state index in [1.54, 1.807) is 6.07 Å². The maximum atomic E-state index is 13.2. The maximum Gasteiger partial charge on any atom is 0.141 e. The Bertz CT molecular complexity index is 691. The first-order chi connectivity index (χ1) is 9.86. The number of benzene rings is 1. The van der Waals surface area contributed by atoms with Crippen LogP contribution in [-0.4, -0.2) is 15.9 Å². The Labute approximate surface area is 131 Å². The van der Waals surface area contributed by atoms with E-state index in [0.717, 1.165) is 0 Å². The number of rotatable bonds is 4. The first-order valence-corrected chi connectivity index (χ1v) is 6.93. The molecule has 1 unspecified atom stereocenters. The molecule has 0 aliphatic rings. The fraction of sp³-hybridized carbons (Fsp3) is 0.200. The molecule has 0 saturated heterocycles. The minimum Gasteiger partial charge on any atom is -0.388 e. The Balaban J connectivity index is 2.42. The number of carbonyl (C=O) groups is 1. The van der Waals surface area contributed by atoms with E-state index in [0.29, 0.717) is 16.8 Å². The van der Waals surface area contributed by atoms with Crippen molar-refractivity contribution in [3.05, 3.63) is 51.9 Å².